The Morgan fingerprint density at radius 1 is 0.241 bits per heavy atom. The van der Waals surface area contributed by atoms with Crippen molar-refractivity contribution in [3.63, 3.8) is 0 Å². The molecule has 0 bridgehead atoms. The normalized spacial score (nSPS) is 12.6. The average Bonchev–Trinajstić information content (AvgIpc) is 3.73. The van der Waals surface area contributed by atoms with Crippen LogP contribution in [0.25, 0.3) is 131 Å². The summed E-state index contributed by atoms with van der Waals surface area (Å²) in [5.41, 5.74) is 18.6. The molecule has 0 unspecified atom stereocenters. The molecule has 11 aromatic rings. The molecule has 13 rings (SSSR count). The molecule has 0 amide bonds. The summed E-state index contributed by atoms with van der Waals surface area (Å²) in [4.78, 5) is 0. The molecule has 0 aromatic heterocycles. The monoisotopic (exact) mass is 680 g/mol. The fourth-order valence-corrected chi connectivity index (χ4v) is 10.6. The second kappa shape index (κ2) is 10.0. The highest BCUT2D eigenvalue weighted by Gasteiger charge is 2.30. The topological polar surface area (TPSA) is 0 Å². The van der Waals surface area contributed by atoms with Gasteiger partial charge in [0.15, 0.2) is 0 Å². The molecule has 0 fully saturated rings. The predicted octanol–water partition coefficient (Wildman–Crippen LogP) is 15.3. The molecule has 2 aliphatic carbocycles. The van der Waals surface area contributed by atoms with Gasteiger partial charge in [-0.3, -0.25) is 0 Å². The highest BCUT2D eigenvalue weighted by atomic mass is 14.3. The van der Waals surface area contributed by atoms with Crippen LogP contribution in [-0.2, 0) is 0 Å². The Kier molecular flexibility index (Phi) is 5.33. The standard InChI is InChI=1S/C54H32/c1-29-25-45-41-19-17-37-38-18-20-42-46-26-30(2)36-16-14-34(32-11-7-4-8-12-32)28-48(36)50(46)44-24-22-40(52(38)54(42)44)39-21-23-43(53(41)51(37)39)49(45)47-27-33(13-15-35(29)47)31-9-5-3-6-10-31/h3-28H,1-2H3. The molecule has 11 aromatic carbocycles. The minimum atomic E-state index is 1.25. The zero-order valence-electron chi connectivity index (χ0n) is 30.0. The Hall–Kier alpha value is -6.76. The van der Waals surface area contributed by atoms with E-state index in [-0.39, 0.29) is 0 Å². The maximum atomic E-state index is 2.43. The molecule has 0 aliphatic heterocycles. The van der Waals surface area contributed by atoms with Gasteiger partial charge in [-0.2, -0.15) is 0 Å². The summed E-state index contributed by atoms with van der Waals surface area (Å²) in [6.07, 6.45) is 0. The predicted molar refractivity (Wildman–Crippen MR) is 232 cm³/mol. The minimum absolute atomic E-state index is 1.25. The van der Waals surface area contributed by atoms with E-state index in [0.717, 1.165) is 0 Å². The van der Waals surface area contributed by atoms with Gasteiger partial charge < -0.3 is 0 Å². The van der Waals surface area contributed by atoms with Crippen LogP contribution in [0.2, 0.25) is 0 Å². The Morgan fingerprint density at radius 3 is 1.02 bits per heavy atom. The average molecular weight is 681 g/mol. The van der Waals surface area contributed by atoms with E-state index in [1.807, 2.05) is 0 Å². The number of hydrogen-bond acceptors (Lipinski definition) is 0. The first kappa shape index (κ1) is 28.8. The van der Waals surface area contributed by atoms with Crippen molar-refractivity contribution >= 4 is 64.6 Å². The lowest BCUT2D eigenvalue weighted by molar-refractivity contribution is 1.53. The summed E-state index contributed by atoms with van der Waals surface area (Å²) >= 11 is 0. The summed E-state index contributed by atoms with van der Waals surface area (Å²) in [7, 11) is 0. The zero-order chi connectivity index (χ0) is 35.4. The van der Waals surface area contributed by atoms with Crippen molar-refractivity contribution in [2.24, 2.45) is 0 Å². The second-order valence-corrected chi connectivity index (χ2v) is 15.6. The van der Waals surface area contributed by atoms with Crippen molar-refractivity contribution in [3.05, 3.63) is 169 Å². The number of rotatable bonds is 2. The fourth-order valence-electron chi connectivity index (χ4n) is 10.6. The molecule has 0 saturated heterocycles. The molecule has 54 heavy (non-hydrogen) atoms. The van der Waals surface area contributed by atoms with Gasteiger partial charge in [0, 0.05) is 0 Å². The Morgan fingerprint density at radius 2 is 0.611 bits per heavy atom. The molecule has 0 spiro atoms. The van der Waals surface area contributed by atoms with Gasteiger partial charge in [0.25, 0.3) is 0 Å². The Balaban J connectivity index is 1.09. The molecule has 248 valence electrons. The van der Waals surface area contributed by atoms with Gasteiger partial charge in [-0.25, -0.2) is 0 Å². The van der Waals surface area contributed by atoms with Crippen molar-refractivity contribution in [2.75, 3.05) is 0 Å². The van der Waals surface area contributed by atoms with E-state index in [9.17, 15) is 0 Å². The van der Waals surface area contributed by atoms with Crippen molar-refractivity contribution in [3.8, 4) is 66.8 Å². The lowest BCUT2D eigenvalue weighted by atomic mass is 9.86. The highest BCUT2D eigenvalue weighted by molar-refractivity contribution is 6.41. The molecular weight excluding hydrogens is 649 g/mol. The molecule has 0 radical (unpaired) electrons. The minimum Gasteiger partial charge on any atom is -0.0622 e. The smallest absolute Gasteiger partial charge is 0.00137 e. The lowest BCUT2D eigenvalue weighted by Crippen LogP contribution is -1.89. The third-order valence-electron chi connectivity index (χ3n) is 12.9. The second-order valence-electron chi connectivity index (χ2n) is 15.6. The lowest BCUT2D eigenvalue weighted by Gasteiger charge is -2.17. The Labute approximate surface area is 312 Å². The SMILES string of the molecule is Cc1cc2c(c3cc(-c4ccccc4)ccc13)-c1ccc3c4ccc5c6c(ccc(c7ccc-2c1c73)c64)-c1cc(C)c2ccc(-c3ccccc3)cc2c1-5. The van der Waals surface area contributed by atoms with E-state index < -0.39 is 0 Å². The first-order valence-electron chi connectivity index (χ1n) is 19.1. The van der Waals surface area contributed by atoms with Crippen LogP contribution in [-0.4, -0.2) is 0 Å². The summed E-state index contributed by atoms with van der Waals surface area (Å²) < 4.78 is 0. The van der Waals surface area contributed by atoms with Crippen LogP contribution in [0, 0.1) is 13.8 Å². The van der Waals surface area contributed by atoms with Crippen LogP contribution in [0.1, 0.15) is 11.1 Å². The van der Waals surface area contributed by atoms with Crippen LogP contribution >= 0.6 is 0 Å². The summed E-state index contributed by atoms with van der Waals surface area (Å²) in [5, 5.41) is 16.3. The van der Waals surface area contributed by atoms with E-state index in [4.69, 9.17) is 0 Å². The van der Waals surface area contributed by atoms with Crippen LogP contribution < -0.4 is 0 Å². The van der Waals surface area contributed by atoms with Gasteiger partial charge >= 0.3 is 0 Å². The molecular formula is C54H32. The van der Waals surface area contributed by atoms with Crippen LogP contribution in [0.15, 0.2) is 158 Å². The van der Waals surface area contributed by atoms with Gasteiger partial charge in [0.05, 0.1) is 0 Å². The molecule has 0 saturated carbocycles. The van der Waals surface area contributed by atoms with Crippen molar-refractivity contribution in [1.29, 1.82) is 0 Å². The first-order valence-corrected chi connectivity index (χ1v) is 19.1. The van der Waals surface area contributed by atoms with Gasteiger partial charge in [0.2, 0.25) is 0 Å². The number of benzene rings is 11. The highest BCUT2D eigenvalue weighted by Crippen LogP contribution is 2.58. The van der Waals surface area contributed by atoms with E-state index >= 15 is 0 Å². The zero-order valence-corrected chi connectivity index (χ0v) is 30.0. The number of fused-ring (bicyclic) bond motifs is 12. The maximum absolute atomic E-state index is 2.43. The fraction of sp³-hybridized carbons (Fsp3) is 0.0370. The molecule has 0 heterocycles. The van der Waals surface area contributed by atoms with E-state index in [2.05, 4.69) is 172 Å². The van der Waals surface area contributed by atoms with Crippen LogP contribution in [0.4, 0.5) is 0 Å². The van der Waals surface area contributed by atoms with E-state index in [0.29, 0.717) is 0 Å². The molecule has 0 atom stereocenters. The summed E-state index contributed by atoms with van der Waals surface area (Å²) in [6.45, 7) is 4.54. The molecule has 0 heteroatoms. The molecule has 2 aliphatic rings. The molecule has 0 nitrogen and oxygen atoms in total. The summed E-state index contributed by atoms with van der Waals surface area (Å²) in [5.74, 6) is 0. The van der Waals surface area contributed by atoms with Gasteiger partial charge in [-0.1, -0.05) is 146 Å². The van der Waals surface area contributed by atoms with Gasteiger partial charge in [-0.15, -0.1) is 0 Å². The van der Waals surface area contributed by atoms with Crippen molar-refractivity contribution in [2.45, 2.75) is 13.8 Å². The van der Waals surface area contributed by atoms with Gasteiger partial charge in [-0.05, 0) is 169 Å². The third-order valence-corrected chi connectivity index (χ3v) is 12.9. The van der Waals surface area contributed by atoms with E-state index in [1.54, 1.807) is 0 Å². The first-order chi connectivity index (χ1) is 26.6. The van der Waals surface area contributed by atoms with Crippen molar-refractivity contribution < 1.29 is 0 Å². The van der Waals surface area contributed by atoms with Crippen LogP contribution in [0.5, 0.6) is 0 Å². The third kappa shape index (κ3) is 3.49. The van der Waals surface area contributed by atoms with Crippen molar-refractivity contribution in [1.82, 2.24) is 0 Å². The van der Waals surface area contributed by atoms with E-state index in [1.165, 1.54) is 143 Å². The van der Waals surface area contributed by atoms with Crippen LogP contribution in [0.3, 0.4) is 0 Å². The maximum Gasteiger partial charge on any atom is -0.00137 e. The number of hydrogen-bond donors (Lipinski definition) is 0. The largest absolute Gasteiger partial charge is 0.0622 e. The van der Waals surface area contributed by atoms with Gasteiger partial charge in [0.1, 0.15) is 0 Å². The number of aryl methyl sites for hydroxylation is 2. The Bertz CT molecular complexity index is 3220. The molecule has 0 N–H and O–H groups in total. The summed E-state index contributed by atoms with van der Waals surface area (Å²) in [6, 6.07) is 59.9. The quantitative estimate of drug-likeness (QED) is 0.126.